The molecule has 0 spiro atoms. The number of amides is 1. The molecule has 2 N–H and O–H groups in total. The van der Waals surface area contributed by atoms with Gasteiger partial charge < -0.3 is 19.9 Å². The van der Waals surface area contributed by atoms with Crippen molar-refractivity contribution >= 4 is 11.7 Å². The fraction of sp³-hybridized carbons (Fsp3) is 0.706. The van der Waals surface area contributed by atoms with E-state index in [1.54, 1.807) is 6.20 Å². The van der Waals surface area contributed by atoms with E-state index >= 15 is 0 Å². The average molecular weight is 334 g/mol. The number of carbonyl (C=O) groups is 1. The number of piperidine rings is 1. The minimum Gasteiger partial charge on any atom is -0.368 e. The van der Waals surface area contributed by atoms with Crippen molar-refractivity contribution in [2.24, 2.45) is 0 Å². The number of H-pyrrole nitrogens is 1. The Bertz CT molecular complexity index is 597. The van der Waals surface area contributed by atoms with Crippen molar-refractivity contribution in [3.63, 3.8) is 0 Å². The Hall–Kier alpha value is -1.89. The standard InChI is InChI=1S/C17H26N4O3/c22-15(12-24-14-6-2-1-3-7-14)20-13-5-4-10-21(11-13)16-17(23)19-9-8-18-16/h8-9,13-14H,1-7,10-12H2,(H,19,23)(H,20,22)/t13-/m0/s1. The number of aromatic nitrogens is 2. The lowest BCUT2D eigenvalue weighted by Crippen LogP contribution is -2.50. The third-order valence-corrected chi connectivity index (χ3v) is 4.78. The van der Waals surface area contributed by atoms with Crippen LogP contribution >= 0.6 is 0 Å². The first kappa shape index (κ1) is 17.0. The van der Waals surface area contributed by atoms with E-state index in [1.165, 1.54) is 25.5 Å². The zero-order valence-corrected chi connectivity index (χ0v) is 14.0. The number of rotatable bonds is 5. The topological polar surface area (TPSA) is 87.3 Å². The van der Waals surface area contributed by atoms with Crippen molar-refractivity contribution < 1.29 is 9.53 Å². The monoisotopic (exact) mass is 334 g/mol. The highest BCUT2D eigenvalue weighted by Crippen LogP contribution is 2.20. The Kier molecular flexibility index (Phi) is 5.85. The molecule has 1 saturated heterocycles. The molecule has 7 heteroatoms. The van der Waals surface area contributed by atoms with Gasteiger partial charge in [-0.1, -0.05) is 19.3 Å². The minimum absolute atomic E-state index is 0.0302. The van der Waals surface area contributed by atoms with Crippen molar-refractivity contribution in [1.82, 2.24) is 15.3 Å². The third kappa shape index (κ3) is 4.56. The Morgan fingerprint density at radius 2 is 2.12 bits per heavy atom. The molecule has 132 valence electrons. The lowest BCUT2D eigenvalue weighted by molar-refractivity contribution is -0.129. The van der Waals surface area contributed by atoms with Crippen molar-refractivity contribution in [3.8, 4) is 0 Å². The van der Waals surface area contributed by atoms with Gasteiger partial charge in [0.2, 0.25) is 5.91 Å². The molecular weight excluding hydrogens is 308 g/mol. The second kappa shape index (κ2) is 8.28. The maximum Gasteiger partial charge on any atom is 0.290 e. The van der Waals surface area contributed by atoms with Gasteiger partial charge in [0.1, 0.15) is 6.61 Å². The first-order chi connectivity index (χ1) is 11.7. The summed E-state index contributed by atoms with van der Waals surface area (Å²) in [6, 6.07) is 0.0302. The van der Waals surface area contributed by atoms with E-state index in [0.717, 1.165) is 32.2 Å². The smallest absolute Gasteiger partial charge is 0.290 e. The Labute approximate surface area is 141 Å². The molecule has 1 saturated carbocycles. The van der Waals surface area contributed by atoms with Gasteiger partial charge in [-0.3, -0.25) is 9.59 Å². The molecule has 2 aliphatic rings. The molecule has 3 rings (SSSR count). The molecule has 1 aromatic rings. The van der Waals surface area contributed by atoms with Crippen LogP contribution in [0.25, 0.3) is 0 Å². The van der Waals surface area contributed by atoms with Crippen LogP contribution in [0.15, 0.2) is 17.2 Å². The molecule has 24 heavy (non-hydrogen) atoms. The first-order valence-electron chi connectivity index (χ1n) is 8.92. The predicted molar refractivity (Wildman–Crippen MR) is 91.1 cm³/mol. The minimum atomic E-state index is -0.190. The largest absolute Gasteiger partial charge is 0.368 e. The fourth-order valence-electron chi connectivity index (χ4n) is 3.55. The van der Waals surface area contributed by atoms with Gasteiger partial charge in [-0.25, -0.2) is 4.98 Å². The second-order valence-corrected chi connectivity index (χ2v) is 6.67. The molecular formula is C17H26N4O3. The zero-order valence-electron chi connectivity index (χ0n) is 14.0. The SMILES string of the molecule is O=C(COC1CCCCC1)N[C@H]1CCCN(c2ncc[nH]c2=O)C1. The third-order valence-electron chi connectivity index (χ3n) is 4.78. The summed E-state index contributed by atoms with van der Waals surface area (Å²) in [6.07, 6.45) is 11.0. The van der Waals surface area contributed by atoms with E-state index in [1.807, 2.05) is 4.90 Å². The van der Waals surface area contributed by atoms with Crippen molar-refractivity contribution in [1.29, 1.82) is 0 Å². The highest BCUT2D eigenvalue weighted by molar-refractivity contribution is 5.77. The fourth-order valence-corrected chi connectivity index (χ4v) is 3.55. The number of hydrogen-bond acceptors (Lipinski definition) is 5. The van der Waals surface area contributed by atoms with Crippen LogP contribution in [0.4, 0.5) is 5.82 Å². The van der Waals surface area contributed by atoms with Gasteiger partial charge in [-0.2, -0.15) is 0 Å². The summed E-state index contributed by atoms with van der Waals surface area (Å²) in [5.41, 5.74) is -0.190. The van der Waals surface area contributed by atoms with Crippen LogP contribution in [0.3, 0.4) is 0 Å². The Morgan fingerprint density at radius 3 is 2.92 bits per heavy atom. The van der Waals surface area contributed by atoms with Crippen LogP contribution in [0.1, 0.15) is 44.9 Å². The molecule has 7 nitrogen and oxygen atoms in total. The molecule has 2 heterocycles. The van der Waals surface area contributed by atoms with Gasteiger partial charge in [0, 0.05) is 31.5 Å². The number of ether oxygens (including phenoxy) is 1. The number of nitrogens with zero attached hydrogens (tertiary/aromatic N) is 2. The summed E-state index contributed by atoms with van der Waals surface area (Å²) in [5.74, 6) is 0.359. The van der Waals surface area contributed by atoms with E-state index in [9.17, 15) is 9.59 Å². The number of hydrogen-bond donors (Lipinski definition) is 2. The molecule has 0 bridgehead atoms. The van der Waals surface area contributed by atoms with E-state index in [-0.39, 0.29) is 30.2 Å². The van der Waals surface area contributed by atoms with Crippen molar-refractivity contribution in [2.45, 2.75) is 57.1 Å². The van der Waals surface area contributed by atoms with Crippen molar-refractivity contribution in [2.75, 3.05) is 24.6 Å². The Morgan fingerprint density at radius 1 is 1.29 bits per heavy atom. The van der Waals surface area contributed by atoms with Gasteiger partial charge in [0.05, 0.1) is 6.10 Å². The maximum absolute atomic E-state index is 12.1. The summed E-state index contributed by atoms with van der Waals surface area (Å²) in [6.45, 7) is 1.52. The molecule has 1 aliphatic heterocycles. The molecule has 0 unspecified atom stereocenters. The van der Waals surface area contributed by atoms with Gasteiger partial charge in [0.25, 0.3) is 5.56 Å². The summed E-state index contributed by atoms with van der Waals surface area (Å²) in [4.78, 5) is 32.7. The second-order valence-electron chi connectivity index (χ2n) is 6.67. The maximum atomic E-state index is 12.1. The van der Waals surface area contributed by atoms with Crippen LogP contribution in [-0.2, 0) is 9.53 Å². The molecule has 0 aromatic carbocycles. The number of nitrogens with one attached hydrogen (secondary N) is 2. The first-order valence-corrected chi connectivity index (χ1v) is 8.92. The Balaban J connectivity index is 1.47. The molecule has 1 aliphatic carbocycles. The van der Waals surface area contributed by atoms with Crippen LogP contribution in [-0.4, -0.2) is 47.7 Å². The molecule has 2 fully saturated rings. The van der Waals surface area contributed by atoms with E-state index < -0.39 is 0 Å². The summed E-state index contributed by atoms with van der Waals surface area (Å²) < 4.78 is 5.72. The van der Waals surface area contributed by atoms with Crippen LogP contribution in [0.5, 0.6) is 0 Å². The average Bonchev–Trinajstić information content (AvgIpc) is 2.61. The molecule has 0 radical (unpaired) electrons. The lowest BCUT2D eigenvalue weighted by Gasteiger charge is -2.33. The van der Waals surface area contributed by atoms with E-state index in [0.29, 0.717) is 12.4 Å². The zero-order chi connectivity index (χ0) is 16.8. The predicted octanol–water partition coefficient (Wildman–Crippen LogP) is 1.20. The highest BCUT2D eigenvalue weighted by Gasteiger charge is 2.24. The number of aromatic amines is 1. The number of carbonyl (C=O) groups excluding carboxylic acids is 1. The van der Waals surface area contributed by atoms with Crippen molar-refractivity contribution in [3.05, 3.63) is 22.7 Å². The van der Waals surface area contributed by atoms with Gasteiger partial charge in [-0.05, 0) is 25.7 Å². The molecule has 1 amide bonds. The van der Waals surface area contributed by atoms with Crippen LogP contribution in [0, 0.1) is 0 Å². The summed E-state index contributed by atoms with van der Waals surface area (Å²) in [5, 5.41) is 3.03. The van der Waals surface area contributed by atoms with E-state index in [4.69, 9.17) is 4.74 Å². The summed E-state index contributed by atoms with van der Waals surface area (Å²) in [7, 11) is 0. The van der Waals surface area contributed by atoms with Gasteiger partial charge in [-0.15, -0.1) is 0 Å². The van der Waals surface area contributed by atoms with E-state index in [2.05, 4.69) is 15.3 Å². The molecule has 1 atom stereocenters. The van der Waals surface area contributed by atoms with Crippen LogP contribution < -0.4 is 15.8 Å². The van der Waals surface area contributed by atoms with Gasteiger partial charge >= 0.3 is 0 Å². The van der Waals surface area contributed by atoms with Gasteiger partial charge in [0.15, 0.2) is 5.82 Å². The quantitative estimate of drug-likeness (QED) is 0.845. The van der Waals surface area contributed by atoms with Crippen LogP contribution in [0.2, 0.25) is 0 Å². The number of anilines is 1. The lowest BCUT2D eigenvalue weighted by atomic mass is 9.98. The normalized spacial score (nSPS) is 22.3. The molecule has 1 aromatic heterocycles. The summed E-state index contributed by atoms with van der Waals surface area (Å²) >= 11 is 0. The highest BCUT2D eigenvalue weighted by atomic mass is 16.5.